The first-order valence-corrected chi connectivity index (χ1v) is 34.8. The van der Waals surface area contributed by atoms with Crippen molar-refractivity contribution >= 4 is 35.1 Å². The van der Waals surface area contributed by atoms with Gasteiger partial charge in [0.15, 0.2) is 0 Å². The number of fused-ring (bicyclic) bond motifs is 2. The minimum atomic E-state index is -5.05. The second-order valence-corrected chi connectivity index (χ2v) is 60.7. The molecule has 263 valence electrons. The molecule has 2 atom stereocenters. The maximum atomic E-state index is 8.93. The second kappa shape index (κ2) is 12.6. The van der Waals surface area contributed by atoms with Crippen molar-refractivity contribution < 1.29 is 15.6 Å². The fourth-order valence-corrected chi connectivity index (χ4v) is 40.9. The predicted molar refractivity (Wildman–Crippen MR) is 223 cm³/mol. The number of halogens is 2. The quantitative estimate of drug-likeness (QED) is 0.176. The summed E-state index contributed by atoms with van der Waals surface area (Å²) in [6.45, 7) is 32.5. The van der Waals surface area contributed by atoms with Gasteiger partial charge in [-0.1, -0.05) is 0 Å². The maximum absolute atomic E-state index is 8.93. The van der Waals surface area contributed by atoms with Crippen molar-refractivity contribution in [1.82, 2.24) is 0 Å². The summed E-state index contributed by atoms with van der Waals surface area (Å²) < 4.78 is 0.0544. The van der Waals surface area contributed by atoms with Crippen molar-refractivity contribution in [2.45, 2.75) is 103 Å². The normalized spacial score (nSPS) is 18.5. The van der Waals surface area contributed by atoms with Crippen molar-refractivity contribution in [1.29, 1.82) is 0 Å². The van der Waals surface area contributed by atoms with Crippen LogP contribution < -0.4 is 0 Å². The molecule has 2 unspecified atom stereocenters. The van der Waals surface area contributed by atoms with E-state index in [1.807, 2.05) is 0 Å². The Bertz CT molecular complexity index is 1930. The number of rotatable bonds is 5. The van der Waals surface area contributed by atoms with Gasteiger partial charge in [0.1, 0.15) is 0 Å². The van der Waals surface area contributed by atoms with Gasteiger partial charge in [-0.3, -0.25) is 0 Å². The molecule has 0 bridgehead atoms. The van der Waals surface area contributed by atoms with E-state index in [-0.39, 0.29) is 18.1 Å². The van der Waals surface area contributed by atoms with Crippen molar-refractivity contribution in [2.24, 2.45) is 10.8 Å². The average Bonchev–Trinajstić information content (AvgIpc) is 3.57. The van der Waals surface area contributed by atoms with Gasteiger partial charge in [0, 0.05) is 0 Å². The number of hydrogen-bond acceptors (Lipinski definition) is 0. The van der Waals surface area contributed by atoms with E-state index >= 15 is 0 Å². The fourth-order valence-electron chi connectivity index (χ4n) is 9.44. The summed E-state index contributed by atoms with van der Waals surface area (Å²) in [6, 6.07) is 23.4. The van der Waals surface area contributed by atoms with Gasteiger partial charge in [-0.25, -0.2) is 0 Å². The van der Waals surface area contributed by atoms with Gasteiger partial charge in [-0.15, -0.1) is 0 Å². The first kappa shape index (κ1) is 37.8. The van der Waals surface area contributed by atoms with E-state index in [4.69, 9.17) is 17.0 Å². The monoisotopic (exact) mass is 797 g/mol. The van der Waals surface area contributed by atoms with Gasteiger partial charge in [-0.2, -0.15) is 0 Å². The van der Waals surface area contributed by atoms with E-state index in [0.29, 0.717) is 0 Å². The molecule has 0 spiro atoms. The molecular formula is C46H57Cl2SiZr. The summed E-state index contributed by atoms with van der Waals surface area (Å²) in [5, 5.41) is 0. The van der Waals surface area contributed by atoms with E-state index in [9.17, 15) is 0 Å². The topological polar surface area (TPSA) is 0 Å². The Kier molecular flexibility index (Phi) is 9.50. The molecule has 2 aliphatic rings. The van der Waals surface area contributed by atoms with Crippen LogP contribution in [-0.2, 0) is 15.6 Å². The number of allylic oxidation sites excluding steroid dienone is 2. The van der Waals surface area contributed by atoms with Crippen LogP contribution >= 0.6 is 17.0 Å². The first-order chi connectivity index (χ1) is 23.0. The third-order valence-corrected chi connectivity index (χ3v) is 63.3. The first-order valence-electron chi connectivity index (χ1n) is 18.5. The van der Waals surface area contributed by atoms with Gasteiger partial charge in [0.2, 0.25) is 0 Å². The van der Waals surface area contributed by atoms with E-state index in [2.05, 4.69) is 169 Å². The average molecular weight is 800 g/mol. The number of benzene rings is 4. The standard InChI is InChI=1S/2C22H25.C2H7Si.2ClH.Zr/c2*1-14-9-15(2)11-18(10-14)21-16(3)7-8-17-12-19(13-20(17)21)22(4,5)6;1-3-2;;;/h2*7-13H,1-6H3;3H,1-2H3;2*1H;/q;;;;;+2/p-2. The molecule has 0 N–H and O–H groups in total. The van der Waals surface area contributed by atoms with Crippen LogP contribution in [0.4, 0.5) is 0 Å². The van der Waals surface area contributed by atoms with Crippen LogP contribution in [0.1, 0.15) is 104 Å². The zero-order valence-corrected chi connectivity index (χ0v) is 38.0. The molecule has 0 saturated heterocycles. The predicted octanol–water partition coefficient (Wildman–Crippen LogP) is 14.5. The van der Waals surface area contributed by atoms with E-state index in [0.717, 1.165) is 0 Å². The molecule has 50 heavy (non-hydrogen) atoms. The van der Waals surface area contributed by atoms with E-state index < -0.39 is 21.5 Å². The summed E-state index contributed by atoms with van der Waals surface area (Å²) in [4.78, 5) is 0. The number of aryl methyl sites for hydroxylation is 6. The Balaban J connectivity index is 1.70. The molecule has 0 nitrogen and oxygen atoms in total. The van der Waals surface area contributed by atoms with Gasteiger partial charge in [-0.05, 0) is 0 Å². The van der Waals surface area contributed by atoms with Crippen LogP contribution in [0.5, 0.6) is 0 Å². The van der Waals surface area contributed by atoms with Gasteiger partial charge >= 0.3 is 315 Å². The molecule has 0 radical (unpaired) electrons. The SMILES string of the molecule is Cc1cc(C)cc(-c2c(C)ccc3c2C=C(C(C)(C)C)[CH]3[Zr]([Cl])([Cl])([CH]2C(C(C)(C)C)=Cc3c2ccc(C)c3-c2cc(C)cc(C)c2)[SiH](C)C)c1. The molecule has 4 aromatic carbocycles. The molecule has 4 aromatic rings. The van der Waals surface area contributed by atoms with Crippen LogP contribution in [-0.4, -0.2) is 5.92 Å². The van der Waals surface area contributed by atoms with Crippen LogP contribution in [0.3, 0.4) is 0 Å². The third kappa shape index (κ3) is 6.07. The van der Waals surface area contributed by atoms with Gasteiger partial charge in [0.05, 0.1) is 0 Å². The summed E-state index contributed by atoms with van der Waals surface area (Å²) in [6.07, 6.45) is 5.06. The van der Waals surface area contributed by atoms with E-state index in [1.54, 1.807) is 0 Å². The van der Waals surface area contributed by atoms with Crippen molar-refractivity contribution in [2.75, 3.05) is 0 Å². The Labute approximate surface area is 312 Å². The molecule has 2 aliphatic carbocycles. The Hall–Kier alpha value is -1.96. The molecule has 0 heterocycles. The van der Waals surface area contributed by atoms with Crippen LogP contribution in [0.2, 0.25) is 13.1 Å². The van der Waals surface area contributed by atoms with Crippen LogP contribution in [0, 0.1) is 52.4 Å². The Morgan fingerprint density at radius 2 is 0.840 bits per heavy atom. The van der Waals surface area contributed by atoms with Crippen molar-refractivity contribution in [3.63, 3.8) is 0 Å². The van der Waals surface area contributed by atoms with Crippen molar-refractivity contribution in [3.8, 4) is 22.3 Å². The molecule has 0 aliphatic heterocycles. The Morgan fingerprint density at radius 1 is 0.520 bits per heavy atom. The Morgan fingerprint density at radius 3 is 1.12 bits per heavy atom. The summed E-state index contributed by atoms with van der Waals surface area (Å²) >= 11 is -5.05. The molecule has 0 fully saturated rings. The summed E-state index contributed by atoms with van der Waals surface area (Å²) in [5.74, 6) is -1.74. The summed E-state index contributed by atoms with van der Waals surface area (Å²) in [5.41, 5.74) is 21.0. The molecule has 6 rings (SSSR count). The molecule has 0 amide bonds. The zero-order chi connectivity index (χ0) is 36.9. The minimum absolute atomic E-state index is 0.0272. The molecule has 4 heteroatoms. The zero-order valence-electron chi connectivity index (χ0n) is 32.9. The third-order valence-electron chi connectivity index (χ3n) is 11.8. The van der Waals surface area contributed by atoms with E-state index in [1.165, 1.54) is 89.0 Å². The molecule has 0 saturated carbocycles. The number of hydrogen-bond donors (Lipinski definition) is 0. The molecular weight excluding hydrogens is 743 g/mol. The van der Waals surface area contributed by atoms with Crippen LogP contribution in [0.25, 0.3) is 34.4 Å². The van der Waals surface area contributed by atoms with Crippen molar-refractivity contribution in [3.05, 3.63) is 127 Å². The summed E-state index contributed by atoms with van der Waals surface area (Å²) in [7, 11) is 17.9. The van der Waals surface area contributed by atoms with Crippen LogP contribution in [0.15, 0.2) is 71.8 Å². The van der Waals surface area contributed by atoms with Gasteiger partial charge in [0.25, 0.3) is 0 Å². The fraction of sp³-hybridized carbons (Fsp3) is 0.391. The second-order valence-electron chi connectivity index (χ2n) is 18.2. The van der Waals surface area contributed by atoms with Gasteiger partial charge < -0.3 is 0 Å². The molecule has 0 aromatic heterocycles.